The molecule has 1 unspecified atom stereocenters. The van der Waals surface area contributed by atoms with Crippen LogP contribution in [0.3, 0.4) is 0 Å². The van der Waals surface area contributed by atoms with Crippen molar-refractivity contribution in [3.8, 4) is 33.5 Å². The summed E-state index contributed by atoms with van der Waals surface area (Å²) >= 11 is 0. The summed E-state index contributed by atoms with van der Waals surface area (Å²) in [5, 5.41) is 5.34. The van der Waals surface area contributed by atoms with Gasteiger partial charge in [0, 0.05) is 29.8 Å². The highest BCUT2D eigenvalue weighted by Gasteiger charge is 2.45. The number of amides is 4. The van der Waals surface area contributed by atoms with Gasteiger partial charge in [0.15, 0.2) is 0 Å². The van der Waals surface area contributed by atoms with E-state index in [1.807, 2.05) is 44.2 Å². The predicted octanol–water partition coefficient (Wildman–Crippen LogP) is 8.55. The summed E-state index contributed by atoms with van der Waals surface area (Å²) < 4.78 is 42.7. The number of imidazole rings is 2. The van der Waals surface area contributed by atoms with Gasteiger partial charge in [-0.3, -0.25) is 9.59 Å². The number of rotatable bonds is 10. The number of alkyl halides is 2. The third-order valence-corrected chi connectivity index (χ3v) is 12.7. The molecular weight excluding hydrogens is 823 g/mol. The molecule has 2 aromatic heterocycles. The van der Waals surface area contributed by atoms with E-state index in [0.29, 0.717) is 88.5 Å². The van der Waals surface area contributed by atoms with Crippen LogP contribution in [0.1, 0.15) is 86.0 Å². The molecule has 4 heterocycles. The number of alkyl carbamates (subject to hydrolysis) is 2. The molecule has 0 radical (unpaired) electrons. The van der Waals surface area contributed by atoms with Crippen molar-refractivity contribution in [1.29, 1.82) is 0 Å². The molecule has 1 aliphatic carbocycles. The molecule has 4 aromatic carbocycles. The topological polar surface area (TPSA) is 175 Å². The normalized spacial score (nSPS) is 18.4. The Bertz CT molecular complexity index is 2770. The average Bonchev–Trinajstić information content (AvgIpc) is 4.17. The van der Waals surface area contributed by atoms with E-state index in [9.17, 15) is 19.2 Å². The number of hydrogen-bond acceptors (Lipinski definition) is 8. The number of carbonyl (C=O) groups excluding carboxylic acids is 4. The number of aromatic amines is 2. The van der Waals surface area contributed by atoms with E-state index in [-0.39, 0.29) is 34.9 Å². The molecule has 0 bridgehead atoms. The second-order valence-corrected chi connectivity index (χ2v) is 16.8. The SMILES string of the molecule is COC(=O)NC(C(=O)N1CCC[C@H]1c1nc2ccc(-c3ccc4c(c3)C(F)(F)c3cc(-c5cnc([C@@H]6CCCN6C(=O)[C@H](NC(=O)OC)c6ccccc6)[nH]5)ccc3-4)cc2[nH]1)C(C)C. The van der Waals surface area contributed by atoms with Gasteiger partial charge >= 0.3 is 12.2 Å². The lowest BCUT2D eigenvalue weighted by Crippen LogP contribution is -2.51. The Morgan fingerprint density at radius 2 is 1.33 bits per heavy atom. The van der Waals surface area contributed by atoms with Gasteiger partial charge in [0.2, 0.25) is 5.91 Å². The molecule has 4 atom stereocenters. The van der Waals surface area contributed by atoms with Crippen molar-refractivity contribution >= 4 is 35.0 Å². The maximum absolute atomic E-state index is 16.6. The fourth-order valence-electron chi connectivity index (χ4n) is 9.37. The third kappa shape index (κ3) is 7.60. The average molecular weight is 871 g/mol. The smallest absolute Gasteiger partial charge is 0.407 e. The summed E-state index contributed by atoms with van der Waals surface area (Å²) in [5.74, 6) is -2.84. The zero-order chi connectivity index (χ0) is 44.9. The van der Waals surface area contributed by atoms with Crippen LogP contribution in [-0.2, 0) is 25.0 Å². The number of benzene rings is 4. The maximum atomic E-state index is 16.6. The minimum atomic E-state index is -3.30. The Morgan fingerprint density at radius 1 is 0.734 bits per heavy atom. The summed E-state index contributed by atoms with van der Waals surface area (Å²) in [5.41, 5.74) is 5.07. The number of H-pyrrole nitrogens is 2. The number of halogens is 2. The van der Waals surface area contributed by atoms with Gasteiger partial charge in [-0.2, -0.15) is 8.78 Å². The van der Waals surface area contributed by atoms with Gasteiger partial charge in [0.25, 0.3) is 11.8 Å². The first kappa shape index (κ1) is 42.2. The van der Waals surface area contributed by atoms with Crippen molar-refractivity contribution in [2.24, 2.45) is 5.92 Å². The van der Waals surface area contributed by atoms with E-state index < -0.39 is 36.2 Å². The highest BCUT2D eigenvalue weighted by atomic mass is 19.3. The van der Waals surface area contributed by atoms with Crippen LogP contribution >= 0.6 is 0 Å². The fraction of sp³-hybridized carbons (Fsp3) is 0.333. The van der Waals surface area contributed by atoms with Gasteiger partial charge in [0.05, 0.1) is 49.2 Å². The first-order valence-corrected chi connectivity index (χ1v) is 21.4. The molecule has 64 heavy (non-hydrogen) atoms. The molecule has 14 nitrogen and oxygen atoms in total. The van der Waals surface area contributed by atoms with Crippen molar-refractivity contribution in [3.05, 3.63) is 119 Å². The number of likely N-dealkylation sites (tertiary alicyclic amines) is 2. The molecule has 0 saturated carbocycles. The van der Waals surface area contributed by atoms with Crippen molar-refractivity contribution in [3.63, 3.8) is 0 Å². The van der Waals surface area contributed by atoms with Crippen LogP contribution in [0.2, 0.25) is 0 Å². The summed E-state index contributed by atoms with van der Waals surface area (Å²) in [6.07, 6.45) is 3.01. The van der Waals surface area contributed by atoms with Crippen LogP contribution in [-0.4, -0.2) is 87.1 Å². The summed E-state index contributed by atoms with van der Waals surface area (Å²) in [4.78, 5) is 71.6. The minimum Gasteiger partial charge on any atom is -0.453 e. The number of ether oxygens (including phenoxy) is 2. The predicted molar refractivity (Wildman–Crippen MR) is 234 cm³/mol. The van der Waals surface area contributed by atoms with Crippen molar-refractivity contribution in [2.75, 3.05) is 27.3 Å². The highest BCUT2D eigenvalue weighted by molar-refractivity contribution is 5.89. The number of fused-ring (bicyclic) bond motifs is 4. The molecular formula is C48H48F2N8O6. The third-order valence-electron chi connectivity index (χ3n) is 12.7. The lowest BCUT2D eigenvalue weighted by Gasteiger charge is -2.29. The first-order chi connectivity index (χ1) is 30.9. The summed E-state index contributed by atoms with van der Waals surface area (Å²) in [6, 6.07) is 22.2. The molecule has 3 aliphatic rings. The van der Waals surface area contributed by atoms with Crippen LogP contribution in [0.4, 0.5) is 18.4 Å². The van der Waals surface area contributed by atoms with Crippen molar-refractivity contribution < 1.29 is 37.4 Å². The molecule has 4 N–H and O–H groups in total. The zero-order valence-electron chi connectivity index (χ0n) is 35.8. The largest absolute Gasteiger partial charge is 0.453 e. The zero-order valence-corrected chi connectivity index (χ0v) is 35.8. The molecule has 9 rings (SSSR count). The van der Waals surface area contributed by atoms with E-state index in [1.54, 1.807) is 64.5 Å². The molecule has 2 aliphatic heterocycles. The van der Waals surface area contributed by atoms with E-state index in [2.05, 4.69) is 25.6 Å². The van der Waals surface area contributed by atoms with Gasteiger partial charge in [-0.15, -0.1) is 0 Å². The molecule has 4 amide bonds. The number of nitrogens with zero attached hydrogens (tertiary/aromatic N) is 4. The monoisotopic (exact) mass is 870 g/mol. The molecule has 16 heteroatoms. The molecule has 6 aromatic rings. The highest BCUT2D eigenvalue weighted by Crippen LogP contribution is 2.53. The second-order valence-electron chi connectivity index (χ2n) is 16.8. The van der Waals surface area contributed by atoms with E-state index in [1.165, 1.54) is 20.3 Å². The van der Waals surface area contributed by atoms with Crippen LogP contribution in [0.25, 0.3) is 44.5 Å². The van der Waals surface area contributed by atoms with E-state index in [0.717, 1.165) is 12.0 Å². The van der Waals surface area contributed by atoms with Gasteiger partial charge in [-0.25, -0.2) is 19.6 Å². The molecule has 0 spiro atoms. The van der Waals surface area contributed by atoms with E-state index >= 15 is 8.78 Å². The standard InChI is InChI=1S/C48H48F2N8O6/c1-26(2)40(55-46(61)63-3)44(59)58-21-9-13-39(58)43-52-35-19-16-29(24-36(35)53-43)28-14-17-31-32-18-15-30(23-34(32)48(49,50)33(31)22-28)37-25-51-42(54-37)38-12-8-20-57(38)45(60)41(56-47(62)64-4)27-10-6-5-7-11-27/h5-7,10-11,14-19,22-26,38-41H,8-9,12-13,20-21H2,1-4H3,(H,51,54)(H,52,53)(H,55,61)(H,56,62)/t38-,39-,40?,41+/m0/s1. The van der Waals surface area contributed by atoms with Gasteiger partial charge in [-0.05, 0) is 83.7 Å². The fourth-order valence-corrected chi connectivity index (χ4v) is 9.37. The quantitative estimate of drug-likeness (QED) is 0.106. The molecule has 2 saturated heterocycles. The van der Waals surface area contributed by atoms with Crippen molar-refractivity contribution in [1.82, 2.24) is 40.4 Å². The Labute approximate surface area is 367 Å². The lowest BCUT2D eigenvalue weighted by atomic mass is 9.98. The Kier molecular flexibility index (Phi) is 11.1. The number of nitrogens with one attached hydrogen (secondary N) is 4. The maximum Gasteiger partial charge on any atom is 0.407 e. The minimum absolute atomic E-state index is 0.0955. The number of hydrogen-bond donors (Lipinski definition) is 4. The number of aromatic nitrogens is 4. The van der Waals surface area contributed by atoms with Crippen LogP contribution in [0, 0.1) is 5.92 Å². The summed E-state index contributed by atoms with van der Waals surface area (Å²) in [7, 11) is 2.50. The first-order valence-electron chi connectivity index (χ1n) is 21.4. The van der Waals surface area contributed by atoms with Gasteiger partial charge < -0.3 is 39.9 Å². The molecule has 330 valence electrons. The van der Waals surface area contributed by atoms with Gasteiger partial charge in [-0.1, -0.05) is 74.5 Å². The van der Waals surface area contributed by atoms with Crippen LogP contribution in [0.15, 0.2) is 91.1 Å². The Hall–Kier alpha value is -7.10. The Balaban J connectivity index is 0.938. The number of carbonyl (C=O) groups is 4. The lowest BCUT2D eigenvalue weighted by molar-refractivity contribution is -0.135. The van der Waals surface area contributed by atoms with E-state index in [4.69, 9.17) is 14.5 Å². The van der Waals surface area contributed by atoms with Gasteiger partial charge in [0.1, 0.15) is 23.7 Å². The Morgan fingerprint density at radius 3 is 2.00 bits per heavy atom. The molecule has 2 fully saturated rings. The number of methoxy groups -OCH3 is 2. The van der Waals surface area contributed by atoms with Crippen LogP contribution < -0.4 is 10.6 Å². The summed E-state index contributed by atoms with van der Waals surface area (Å²) in [6.45, 7) is 4.70. The van der Waals surface area contributed by atoms with Crippen LogP contribution in [0.5, 0.6) is 0 Å². The second kappa shape index (κ2) is 16.9. The van der Waals surface area contributed by atoms with Crippen molar-refractivity contribution in [2.45, 2.75) is 69.6 Å².